The van der Waals surface area contributed by atoms with Crippen LogP contribution < -0.4 is 5.32 Å². The Morgan fingerprint density at radius 3 is 2.90 bits per heavy atom. The molecule has 1 rings (SSSR count). The van der Waals surface area contributed by atoms with Gasteiger partial charge in [-0.25, -0.2) is 4.39 Å². The Hall–Kier alpha value is -1.75. The topological polar surface area (TPSA) is 62.2 Å². The largest absolute Gasteiger partial charge is 0.388 e. The Bertz CT molecular complexity index is 487. The SMILES string of the molecule is CCC(C)C(C)(O)CNC(=O)C=Cc1cncc(F)c1. The fourth-order valence-corrected chi connectivity index (χ4v) is 1.63. The standard InChI is InChI=1S/C15H21FN2O2/c1-4-11(2)15(3,20)10-18-14(19)6-5-12-7-13(16)9-17-8-12/h5-9,11,20H,4,10H2,1-3H3,(H,18,19). The van der Waals surface area contributed by atoms with E-state index in [0.29, 0.717) is 5.56 Å². The average molecular weight is 280 g/mol. The molecule has 4 nitrogen and oxygen atoms in total. The maximum absolute atomic E-state index is 12.9. The van der Waals surface area contributed by atoms with E-state index in [4.69, 9.17) is 0 Å². The minimum absolute atomic E-state index is 0.0826. The summed E-state index contributed by atoms with van der Waals surface area (Å²) in [5.74, 6) is -0.704. The van der Waals surface area contributed by atoms with Crippen molar-refractivity contribution in [1.29, 1.82) is 0 Å². The lowest BCUT2D eigenvalue weighted by Crippen LogP contribution is -2.44. The van der Waals surface area contributed by atoms with Gasteiger partial charge in [-0.1, -0.05) is 20.3 Å². The van der Waals surface area contributed by atoms with Gasteiger partial charge in [-0.3, -0.25) is 9.78 Å². The van der Waals surface area contributed by atoms with Crippen molar-refractivity contribution >= 4 is 12.0 Å². The minimum atomic E-state index is -0.946. The van der Waals surface area contributed by atoms with Crippen molar-refractivity contribution in [2.75, 3.05) is 6.54 Å². The van der Waals surface area contributed by atoms with Gasteiger partial charge < -0.3 is 10.4 Å². The maximum Gasteiger partial charge on any atom is 0.244 e. The zero-order chi connectivity index (χ0) is 15.2. The highest BCUT2D eigenvalue weighted by Gasteiger charge is 2.26. The Morgan fingerprint density at radius 1 is 1.60 bits per heavy atom. The number of carbonyl (C=O) groups is 1. The van der Waals surface area contributed by atoms with E-state index >= 15 is 0 Å². The summed E-state index contributed by atoms with van der Waals surface area (Å²) in [6.45, 7) is 5.78. The van der Waals surface area contributed by atoms with E-state index in [0.717, 1.165) is 12.6 Å². The molecular weight excluding hydrogens is 259 g/mol. The van der Waals surface area contributed by atoms with Crippen LogP contribution in [0.15, 0.2) is 24.5 Å². The van der Waals surface area contributed by atoms with E-state index in [1.54, 1.807) is 6.92 Å². The van der Waals surface area contributed by atoms with Gasteiger partial charge in [-0.05, 0) is 30.5 Å². The monoisotopic (exact) mass is 280 g/mol. The van der Waals surface area contributed by atoms with Gasteiger partial charge in [0.2, 0.25) is 5.91 Å². The van der Waals surface area contributed by atoms with Gasteiger partial charge in [0.15, 0.2) is 0 Å². The van der Waals surface area contributed by atoms with Gasteiger partial charge in [0.25, 0.3) is 0 Å². The molecule has 0 aliphatic heterocycles. The van der Waals surface area contributed by atoms with Gasteiger partial charge >= 0.3 is 0 Å². The summed E-state index contributed by atoms with van der Waals surface area (Å²) in [4.78, 5) is 15.3. The number of nitrogens with zero attached hydrogens (tertiary/aromatic N) is 1. The first-order valence-corrected chi connectivity index (χ1v) is 6.64. The normalized spacial score (nSPS) is 15.8. The van der Waals surface area contributed by atoms with Gasteiger partial charge in [-0.15, -0.1) is 0 Å². The fraction of sp³-hybridized carbons (Fsp3) is 0.467. The predicted octanol–water partition coefficient (Wildman–Crippen LogP) is 2.15. The number of aromatic nitrogens is 1. The summed E-state index contributed by atoms with van der Waals surface area (Å²) >= 11 is 0. The van der Waals surface area contributed by atoms with Crippen molar-refractivity contribution in [3.8, 4) is 0 Å². The molecule has 0 radical (unpaired) electrons. The summed E-state index contributed by atoms with van der Waals surface area (Å²) in [5.41, 5.74) is -0.438. The van der Waals surface area contributed by atoms with Crippen molar-refractivity contribution in [2.45, 2.75) is 32.8 Å². The molecule has 0 saturated carbocycles. The molecule has 0 aromatic carbocycles. The zero-order valence-electron chi connectivity index (χ0n) is 12.1. The zero-order valence-corrected chi connectivity index (χ0v) is 12.1. The third kappa shape index (κ3) is 5.09. The van der Waals surface area contributed by atoms with Crippen LogP contribution in [-0.2, 0) is 4.79 Å². The van der Waals surface area contributed by atoms with Crippen LogP contribution in [0.1, 0.15) is 32.8 Å². The quantitative estimate of drug-likeness (QED) is 0.785. The van der Waals surface area contributed by atoms with Crippen molar-refractivity contribution in [2.24, 2.45) is 5.92 Å². The highest BCUT2D eigenvalue weighted by atomic mass is 19.1. The first kappa shape index (κ1) is 16.3. The number of nitrogens with one attached hydrogen (secondary N) is 1. The van der Waals surface area contributed by atoms with E-state index in [-0.39, 0.29) is 18.4 Å². The molecule has 0 saturated heterocycles. The van der Waals surface area contributed by atoms with Crippen LogP contribution in [0.5, 0.6) is 0 Å². The first-order valence-electron chi connectivity index (χ1n) is 6.64. The second-order valence-electron chi connectivity index (χ2n) is 5.15. The highest BCUT2D eigenvalue weighted by Crippen LogP contribution is 2.18. The molecule has 1 heterocycles. The third-order valence-corrected chi connectivity index (χ3v) is 3.45. The molecule has 1 aromatic rings. The molecule has 0 fully saturated rings. The molecule has 0 aliphatic carbocycles. The number of hydrogen-bond donors (Lipinski definition) is 2. The summed E-state index contributed by atoms with van der Waals surface area (Å²) in [6, 6.07) is 1.28. The second kappa shape index (κ2) is 7.14. The van der Waals surface area contributed by atoms with Gasteiger partial charge in [0.1, 0.15) is 5.82 Å². The van der Waals surface area contributed by atoms with E-state index in [9.17, 15) is 14.3 Å². The molecule has 2 unspecified atom stereocenters. The highest BCUT2D eigenvalue weighted by molar-refractivity contribution is 5.91. The average Bonchev–Trinajstić information content (AvgIpc) is 2.42. The Labute approximate surface area is 118 Å². The number of amides is 1. The molecule has 5 heteroatoms. The number of halogens is 1. The molecule has 110 valence electrons. The second-order valence-corrected chi connectivity index (χ2v) is 5.15. The molecule has 20 heavy (non-hydrogen) atoms. The van der Waals surface area contributed by atoms with E-state index < -0.39 is 11.4 Å². The van der Waals surface area contributed by atoms with Gasteiger partial charge in [0.05, 0.1) is 11.8 Å². The Balaban J connectivity index is 2.52. The summed E-state index contributed by atoms with van der Waals surface area (Å²) < 4.78 is 12.9. The first-order chi connectivity index (χ1) is 9.35. The van der Waals surface area contributed by atoms with Crippen LogP contribution >= 0.6 is 0 Å². The van der Waals surface area contributed by atoms with Gasteiger partial charge in [0, 0.05) is 18.8 Å². The number of pyridine rings is 1. The summed E-state index contributed by atoms with van der Waals surface area (Å²) in [6.07, 6.45) is 6.16. The van der Waals surface area contributed by atoms with Crippen molar-refractivity contribution in [1.82, 2.24) is 10.3 Å². The Morgan fingerprint density at radius 2 is 2.30 bits per heavy atom. The summed E-state index contributed by atoms with van der Waals surface area (Å²) in [7, 11) is 0. The minimum Gasteiger partial charge on any atom is -0.388 e. The van der Waals surface area contributed by atoms with Gasteiger partial charge in [-0.2, -0.15) is 0 Å². The van der Waals surface area contributed by atoms with Crippen LogP contribution in [0, 0.1) is 11.7 Å². The van der Waals surface area contributed by atoms with Crippen LogP contribution in [0.3, 0.4) is 0 Å². The predicted molar refractivity (Wildman–Crippen MR) is 76.3 cm³/mol. The van der Waals surface area contributed by atoms with Crippen LogP contribution in [0.2, 0.25) is 0 Å². The van der Waals surface area contributed by atoms with Crippen LogP contribution in [-0.4, -0.2) is 28.1 Å². The molecule has 1 amide bonds. The molecule has 2 atom stereocenters. The Kier molecular flexibility index (Phi) is 5.82. The van der Waals surface area contributed by atoms with E-state index in [1.165, 1.54) is 24.4 Å². The third-order valence-electron chi connectivity index (χ3n) is 3.45. The number of hydrogen-bond acceptors (Lipinski definition) is 3. The lowest BCUT2D eigenvalue weighted by Gasteiger charge is -2.29. The molecule has 0 bridgehead atoms. The molecule has 0 aliphatic rings. The van der Waals surface area contributed by atoms with Crippen molar-refractivity contribution < 1.29 is 14.3 Å². The summed E-state index contributed by atoms with van der Waals surface area (Å²) in [5, 5.41) is 12.8. The number of aliphatic hydroxyl groups is 1. The molecule has 0 spiro atoms. The van der Waals surface area contributed by atoms with Crippen molar-refractivity contribution in [3.63, 3.8) is 0 Å². The van der Waals surface area contributed by atoms with Crippen LogP contribution in [0.25, 0.3) is 6.08 Å². The number of rotatable bonds is 6. The smallest absolute Gasteiger partial charge is 0.244 e. The van der Waals surface area contributed by atoms with Crippen molar-refractivity contribution in [3.05, 3.63) is 35.9 Å². The molecule has 1 aromatic heterocycles. The molecule has 2 N–H and O–H groups in total. The van der Waals surface area contributed by atoms with Crippen LogP contribution in [0.4, 0.5) is 4.39 Å². The lowest BCUT2D eigenvalue weighted by atomic mass is 9.89. The number of carbonyl (C=O) groups excluding carboxylic acids is 1. The van der Waals surface area contributed by atoms with E-state index in [2.05, 4.69) is 10.3 Å². The maximum atomic E-state index is 12.9. The van der Waals surface area contributed by atoms with E-state index in [1.807, 2.05) is 13.8 Å². The molecular formula is C15H21FN2O2. The fourth-order valence-electron chi connectivity index (χ4n) is 1.63. The lowest BCUT2D eigenvalue weighted by molar-refractivity contribution is -0.118.